The first-order valence-corrected chi connectivity index (χ1v) is 9.21. The van der Waals surface area contributed by atoms with E-state index in [2.05, 4.69) is 0 Å². The van der Waals surface area contributed by atoms with Crippen molar-refractivity contribution in [3.63, 3.8) is 0 Å². The number of hydrogen-bond acceptors (Lipinski definition) is 4. The largest absolute Gasteiger partial charge is 0.378 e. The summed E-state index contributed by atoms with van der Waals surface area (Å²) in [4.78, 5) is 29.5. The number of amides is 2. The van der Waals surface area contributed by atoms with Crippen LogP contribution in [0.2, 0.25) is 0 Å². The quantitative estimate of drug-likeness (QED) is 0.748. The Bertz CT molecular complexity index is 874. The summed E-state index contributed by atoms with van der Waals surface area (Å²) in [6, 6.07) is 12.9. The van der Waals surface area contributed by atoms with Crippen LogP contribution in [0, 0.1) is 5.82 Å². The third-order valence-electron chi connectivity index (χ3n) is 4.09. The molecular formula is C20H19FN2O2S. The van der Waals surface area contributed by atoms with Crippen molar-refractivity contribution in [2.45, 2.75) is 6.92 Å². The van der Waals surface area contributed by atoms with Gasteiger partial charge in [-0.3, -0.25) is 9.59 Å². The summed E-state index contributed by atoms with van der Waals surface area (Å²) in [5, 5.41) is 0. The van der Waals surface area contributed by atoms with Crippen LogP contribution < -0.4 is 9.80 Å². The molecule has 0 atom stereocenters. The molecule has 6 heteroatoms. The lowest BCUT2D eigenvalue weighted by Gasteiger charge is -2.17. The monoisotopic (exact) mass is 370 g/mol. The molecule has 2 amide bonds. The van der Waals surface area contributed by atoms with Gasteiger partial charge in [0.05, 0.1) is 16.2 Å². The SMILES string of the molecule is CCSC1=C(c2ccc(F)cc2)C(=O)N(c2ccc(N(C)C)cc2)C1=O. The molecule has 26 heavy (non-hydrogen) atoms. The normalized spacial score (nSPS) is 14.4. The first-order chi connectivity index (χ1) is 12.4. The number of imide groups is 1. The van der Waals surface area contributed by atoms with Crippen LogP contribution in [0.4, 0.5) is 15.8 Å². The molecule has 4 nitrogen and oxygen atoms in total. The molecule has 0 saturated heterocycles. The van der Waals surface area contributed by atoms with E-state index in [1.807, 2.05) is 38.1 Å². The molecule has 0 fully saturated rings. The van der Waals surface area contributed by atoms with Crippen LogP contribution in [-0.2, 0) is 9.59 Å². The Balaban J connectivity index is 2.02. The molecule has 0 saturated carbocycles. The van der Waals surface area contributed by atoms with Gasteiger partial charge < -0.3 is 4.90 Å². The second kappa shape index (κ2) is 7.33. The van der Waals surface area contributed by atoms with Crippen molar-refractivity contribution in [3.8, 4) is 0 Å². The molecule has 0 spiro atoms. The van der Waals surface area contributed by atoms with Crippen LogP contribution in [-0.4, -0.2) is 31.7 Å². The third-order valence-corrected chi connectivity index (χ3v) is 5.04. The minimum atomic E-state index is -0.382. The molecular weight excluding hydrogens is 351 g/mol. The Kier molecular flexibility index (Phi) is 5.13. The molecule has 0 N–H and O–H groups in total. The topological polar surface area (TPSA) is 40.6 Å². The minimum Gasteiger partial charge on any atom is -0.378 e. The van der Waals surface area contributed by atoms with Crippen molar-refractivity contribution in [2.24, 2.45) is 0 Å². The average molecular weight is 370 g/mol. The van der Waals surface area contributed by atoms with Gasteiger partial charge in [-0.2, -0.15) is 0 Å². The van der Waals surface area contributed by atoms with Crippen LogP contribution in [0.5, 0.6) is 0 Å². The lowest BCUT2D eigenvalue weighted by molar-refractivity contribution is -0.119. The van der Waals surface area contributed by atoms with Gasteiger partial charge in [0.15, 0.2) is 0 Å². The van der Waals surface area contributed by atoms with E-state index in [4.69, 9.17) is 0 Å². The zero-order valence-corrected chi connectivity index (χ0v) is 15.6. The van der Waals surface area contributed by atoms with Crippen molar-refractivity contribution in [2.75, 3.05) is 29.6 Å². The van der Waals surface area contributed by atoms with Crippen molar-refractivity contribution >= 4 is 40.5 Å². The Morgan fingerprint density at radius 1 is 0.962 bits per heavy atom. The highest BCUT2D eigenvalue weighted by Gasteiger charge is 2.39. The van der Waals surface area contributed by atoms with E-state index in [1.54, 1.807) is 12.1 Å². The summed E-state index contributed by atoms with van der Waals surface area (Å²) >= 11 is 1.33. The van der Waals surface area contributed by atoms with E-state index < -0.39 is 0 Å². The summed E-state index contributed by atoms with van der Waals surface area (Å²) in [6.45, 7) is 1.92. The van der Waals surface area contributed by atoms with Gasteiger partial charge in [-0.25, -0.2) is 9.29 Å². The van der Waals surface area contributed by atoms with Gasteiger partial charge in [-0.05, 0) is 47.7 Å². The molecule has 0 bridgehead atoms. The fourth-order valence-corrected chi connectivity index (χ4v) is 3.65. The summed E-state index contributed by atoms with van der Waals surface area (Å²) in [5.74, 6) is -0.437. The van der Waals surface area contributed by atoms with Crippen molar-refractivity contribution in [1.82, 2.24) is 0 Å². The fraction of sp³-hybridized carbons (Fsp3) is 0.200. The Hall–Kier alpha value is -2.60. The zero-order valence-electron chi connectivity index (χ0n) is 14.8. The molecule has 1 aliphatic heterocycles. The van der Waals surface area contributed by atoms with Gasteiger partial charge in [0.1, 0.15) is 5.82 Å². The molecule has 1 aliphatic rings. The lowest BCUT2D eigenvalue weighted by Crippen LogP contribution is -2.31. The predicted octanol–water partition coefficient (Wildman–Crippen LogP) is 3.93. The second-order valence-corrected chi connectivity index (χ2v) is 7.27. The van der Waals surface area contributed by atoms with Gasteiger partial charge >= 0.3 is 0 Å². The van der Waals surface area contributed by atoms with Crippen LogP contribution in [0.3, 0.4) is 0 Å². The van der Waals surface area contributed by atoms with Crippen LogP contribution in [0.15, 0.2) is 53.4 Å². The third kappa shape index (κ3) is 3.24. The molecule has 3 rings (SSSR count). The van der Waals surface area contributed by atoms with Gasteiger partial charge in [0.25, 0.3) is 11.8 Å². The van der Waals surface area contributed by atoms with E-state index in [0.29, 0.717) is 27.5 Å². The number of thioether (sulfide) groups is 1. The van der Waals surface area contributed by atoms with E-state index in [0.717, 1.165) is 5.69 Å². The van der Waals surface area contributed by atoms with Crippen LogP contribution in [0.25, 0.3) is 5.57 Å². The number of benzene rings is 2. The number of anilines is 2. The van der Waals surface area contributed by atoms with E-state index in [-0.39, 0.29) is 17.6 Å². The van der Waals surface area contributed by atoms with E-state index in [1.165, 1.54) is 40.9 Å². The molecule has 0 radical (unpaired) electrons. The molecule has 2 aromatic carbocycles. The van der Waals surface area contributed by atoms with Gasteiger partial charge in [-0.1, -0.05) is 19.1 Å². The Morgan fingerprint density at radius 3 is 2.12 bits per heavy atom. The summed E-state index contributed by atoms with van der Waals surface area (Å²) < 4.78 is 13.2. The van der Waals surface area contributed by atoms with Gasteiger partial charge in [0, 0.05) is 19.8 Å². The standard InChI is InChI=1S/C20H19FN2O2S/c1-4-26-18-17(13-5-7-14(21)8-6-13)19(24)23(20(18)25)16-11-9-15(10-12-16)22(2)3/h5-12H,4H2,1-3H3. The number of carbonyl (C=O) groups is 2. The second-order valence-electron chi connectivity index (χ2n) is 6.00. The molecule has 0 aromatic heterocycles. The lowest BCUT2D eigenvalue weighted by atomic mass is 10.1. The summed E-state index contributed by atoms with van der Waals surface area (Å²) in [7, 11) is 3.84. The number of hydrogen-bond donors (Lipinski definition) is 0. The highest BCUT2D eigenvalue weighted by Crippen LogP contribution is 2.38. The van der Waals surface area contributed by atoms with E-state index in [9.17, 15) is 14.0 Å². The van der Waals surface area contributed by atoms with Crippen molar-refractivity contribution in [1.29, 1.82) is 0 Å². The first-order valence-electron chi connectivity index (χ1n) is 8.23. The fourth-order valence-electron chi connectivity index (χ4n) is 2.79. The Morgan fingerprint density at radius 2 is 1.58 bits per heavy atom. The molecule has 134 valence electrons. The van der Waals surface area contributed by atoms with Crippen LogP contribution >= 0.6 is 11.8 Å². The summed E-state index contributed by atoms with van der Waals surface area (Å²) in [5.41, 5.74) is 2.38. The van der Waals surface area contributed by atoms with Gasteiger partial charge in [-0.15, -0.1) is 11.8 Å². The van der Waals surface area contributed by atoms with Crippen LogP contribution in [0.1, 0.15) is 12.5 Å². The molecule has 1 heterocycles. The Labute approximate surface area is 156 Å². The number of nitrogens with zero attached hydrogens (tertiary/aromatic N) is 2. The molecule has 0 unspecified atom stereocenters. The maximum Gasteiger partial charge on any atom is 0.272 e. The van der Waals surface area contributed by atoms with E-state index >= 15 is 0 Å². The molecule has 0 aliphatic carbocycles. The van der Waals surface area contributed by atoms with Gasteiger partial charge in [0.2, 0.25) is 0 Å². The highest BCUT2D eigenvalue weighted by atomic mass is 32.2. The number of halogens is 1. The maximum absolute atomic E-state index is 13.2. The first kappa shape index (κ1) is 18.2. The molecule has 2 aromatic rings. The summed E-state index contributed by atoms with van der Waals surface area (Å²) in [6.07, 6.45) is 0. The number of rotatable bonds is 5. The smallest absolute Gasteiger partial charge is 0.272 e. The van der Waals surface area contributed by atoms with Crippen molar-refractivity contribution < 1.29 is 14.0 Å². The minimum absolute atomic E-state index is 0.332. The predicted molar refractivity (Wildman–Crippen MR) is 105 cm³/mol. The number of carbonyl (C=O) groups excluding carboxylic acids is 2. The zero-order chi connectivity index (χ0) is 18.8. The maximum atomic E-state index is 13.2. The highest BCUT2D eigenvalue weighted by molar-refractivity contribution is 8.04. The average Bonchev–Trinajstić information content (AvgIpc) is 2.87. The van der Waals surface area contributed by atoms with Crippen molar-refractivity contribution in [3.05, 3.63) is 64.8 Å².